The number of likely N-dealkylation sites (tertiary alicyclic amines) is 1. The van der Waals surface area contributed by atoms with Crippen LogP contribution in [-0.2, 0) is 24.0 Å². The highest BCUT2D eigenvalue weighted by molar-refractivity contribution is 7.98. The number of nitrogens with two attached hydrogens (primary N) is 2. The molecule has 1 aliphatic heterocycles. The molecule has 1 rings (SSSR count). The number of nitrogens with one attached hydrogen (secondary N) is 2. The summed E-state index contributed by atoms with van der Waals surface area (Å²) >= 11 is 1.41. The zero-order valence-electron chi connectivity index (χ0n) is 16.7. The lowest BCUT2D eigenvalue weighted by molar-refractivity contribution is -0.143. The van der Waals surface area contributed by atoms with Gasteiger partial charge in [-0.3, -0.25) is 19.2 Å². The molecule has 12 nitrogen and oxygen atoms in total. The lowest BCUT2D eigenvalue weighted by atomic mass is 10.1. The molecule has 1 aliphatic rings. The Labute approximate surface area is 178 Å². The third-order valence-electron chi connectivity index (χ3n) is 4.62. The van der Waals surface area contributed by atoms with Gasteiger partial charge in [0.1, 0.15) is 18.1 Å². The molecule has 30 heavy (non-hydrogen) atoms. The molecule has 170 valence electrons. The van der Waals surface area contributed by atoms with E-state index in [2.05, 4.69) is 10.6 Å². The molecule has 4 atom stereocenters. The smallest absolute Gasteiger partial charge is 0.326 e. The van der Waals surface area contributed by atoms with Gasteiger partial charge < -0.3 is 37.2 Å². The maximum absolute atomic E-state index is 12.6. The molecule has 0 radical (unpaired) electrons. The predicted octanol–water partition coefficient (Wildman–Crippen LogP) is -3.02. The molecule has 1 saturated heterocycles. The number of carboxylic acids is 1. The van der Waals surface area contributed by atoms with Crippen LogP contribution in [0.4, 0.5) is 0 Å². The van der Waals surface area contributed by atoms with Gasteiger partial charge in [0.15, 0.2) is 0 Å². The SMILES string of the molecule is CSCCC(NC(=O)C(CO)NC(=O)C1CCCN1C(=O)C(N)CC(N)=O)C(=O)O. The number of thioether (sulfide) groups is 1. The largest absolute Gasteiger partial charge is 0.480 e. The predicted molar refractivity (Wildman–Crippen MR) is 108 cm³/mol. The lowest BCUT2D eigenvalue weighted by Crippen LogP contribution is -2.57. The van der Waals surface area contributed by atoms with Crippen molar-refractivity contribution in [2.24, 2.45) is 11.5 Å². The van der Waals surface area contributed by atoms with Gasteiger partial charge in [-0.25, -0.2) is 4.79 Å². The quantitative estimate of drug-likeness (QED) is 0.180. The Balaban J connectivity index is 2.76. The molecule has 4 unspecified atom stereocenters. The summed E-state index contributed by atoms with van der Waals surface area (Å²) in [5, 5.41) is 23.3. The second-order valence-electron chi connectivity index (χ2n) is 6.89. The van der Waals surface area contributed by atoms with Crippen LogP contribution in [0.15, 0.2) is 0 Å². The first kappa shape index (κ1) is 25.7. The van der Waals surface area contributed by atoms with E-state index in [9.17, 15) is 34.2 Å². The number of amides is 4. The minimum absolute atomic E-state index is 0.178. The fraction of sp³-hybridized carbons (Fsp3) is 0.706. The standard InChI is InChI=1S/C17H29N5O7S/c1-30-6-4-10(17(28)29)20-14(25)11(8-23)21-15(26)12-3-2-5-22(12)16(27)9(18)7-13(19)24/h9-12,23H,2-8,18H2,1H3,(H2,19,24)(H,20,25)(H,21,26)(H,28,29). The second-order valence-corrected chi connectivity index (χ2v) is 7.88. The van der Waals surface area contributed by atoms with Gasteiger partial charge in [-0.2, -0.15) is 11.8 Å². The number of hydrogen-bond donors (Lipinski definition) is 6. The van der Waals surface area contributed by atoms with Crippen molar-refractivity contribution in [3.63, 3.8) is 0 Å². The normalized spacial score (nSPS) is 18.9. The van der Waals surface area contributed by atoms with Crippen LogP contribution in [0.3, 0.4) is 0 Å². The summed E-state index contributed by atoms with van der Waals surface area (Å²) in [6, 6.07) is -4.65. The van der Waals surface area contributed by atoms with E-state index in [0.29, 0.717) is 18.6 Å². The van der Waals surface area contributed by atoms with Crippen molar-refractivity contribution in [2.45, 2.75) is 49.9 Å². The second kappa shape index (κ2) is 12.3. The van der Waals surface area contributed by atoms with Crippen LogP contribution in [0.1, 0.15) is 25.7 Å². The number of carboxylic acid groups (broad SMARTS) is 1. The van der Waals surface area contributed by atoms with Gasteiger partial charge in [-0.05, 0) is 31.3 Å². The average Bonchev–Trinajstić information content (AvgIpc) is 3.17. The van der Waals surface area contributed by atoms with E-state index < -0.39 is 60.4 Å². The maximum atomic E-state index is 12.6. The van der Waals surface area contributed by atoms with Crippen LogP contribution >= 0.6 is 11.8 Å². The number of aliphatic hydroxyl groups is 1. The molecule has 0 aromatic rings. The van der Waals surface area contributed by atoms with Crippen molar-refractivity contribution in [2.75, 3.05) is 25.2 Å². The zero-order chi connectivity index (χ0) is 22.8. The van der Waals surface area contributed by atoms with Gasteiger partial charge in [0.2, 0.25) is 23.6 Å². The van der Waals surface area contributed by atoms with Gasteiger partial charge in [0.05, 0.1) is 19.1 Å². The summed E-state index contributed by atoms with van der Waals surface area (Å²) in [4.78, 5) is 60.9. The highest BCUT2D eigenvalue weighted by atomic mass is 32.2. The number of hydrogen-bond acceptors (Lipinski definition) is 8. The molecular weight excluding hydrogens is 418 g/mol. The summed E-state index contributed by atoms with van der Waals surface area (Å²) < 4.78 is 0. The minimum Gasteiger partial charge on any atom is -0.480 e. The third kappa shape index (κ3) is 7.46. The van der Waals surface area contributed by atoms with Crippen molar-refractivity contribution in [3.8, 4) is 0 Å². The van der Waals surface area contributed by atoms with E-state index in [0.717, 1.165) is 0 Å². The van der Waals surface area contributed by atoms with Crippen molar-refractivity contribution >= 4 is 41.4 Å². The third-order valence-corrected chi connectivity index (χ3v) is 5.26. The lowest BCUT2D eigenvalue weighted by Gasteiger charge is -2.28. The Morgan fingerprint density at radius 2 is 1.87 bits per heavy atom. The van der Waals surface area contributed by atoms with Crippen molar-refractivity contribution in [1.82, 2.24) is 15.5 Å². The van der Waals surface area contributed by atoms with Gasteiger partial charge in [0, 0.05) is 6.54 Å². The Morgan fingerprint density at radius 1 is 1.20 bits per heavy atom. The molecule has 0 bridgehead atoms. The van der Waals surface area contributed by atoms with Crippen molar-refractivity contribution < 1.29 is 34.2 Å². The zero-order valence-corrected chi connectivity index (χ0v) is 17.5. The Kier molecular flexibility index (Phi) is 10.6. The highest BCUT2D eigenvalue weighted by Crippen LogP contribution is 2.19. The van der Waals surface area contributed by atoms with E-state index in [4.69, 9.17) is 11.5 Å². The number of aliphatic carboxylic acids is 1. The van der Waals surface area contributed by atoms with E-state index in [1.54, 1.807) is 6.26 Å². The summed E-state index contributed by atoms with van der Waals surface area (Å²) in [7, 11) is 0. The average molecular weight is 448 g/mol. The van der Waals surface area contributed by atoms with Crippen LogP contribution in [0.25, 0.3) is 0 Å². The fourth-order valence-corrected chi connectivity index (χ4v) is 3.52. The molecule has 13 heteroatoms. The summed E-state index contributed by atoms with van der Waals surface area (Å²) in [6.45, 7) is -0.510. The van der Waals surface area contributed by atoms with Gasteiger partial charge in [0.25, 0.3) is 0 Å². The van der Waals surface area contributed by atoms with Crippen molar-refractivity contribution in [1.29, 1.82) is 0 Å². The Morgan fingerprint density at radius 3 is 2.40 bits per heavy atom. The first-order chi connectivity index (χ1) is 14.1. The Bertz CT molecular complexity index is 662. The number of nitrogens with zero attached hydrogens (tertiary/aromatic N) is 1. The molecular formula is C17H29N5O7S. The van der Waals surface area contributed by atoms with E-state index in [1.807, 2.05) is 0 Å². The van der Waals surface area contributed by atoms with Gasteiger partial charge in [-0.15, -0.1) is 0 Å². The first-order valence-corrected chi connectivity index (χ1v) is 10.8. The molecule has 0 aliphatic carbocycles. The van der Waals surface area contributed by atoms with Gasteiger partial charge >= 0.3 is 5.97 Å². The topological polar surface area (TPSA) is 205 Å². The summed E-state index contributed by atoms with van der Waals surface area (Å²) in [5.74, 6) is -3.62. The molecule has 1 fully saturated rings. The van der Waals surface area contributed by atoms with Crippen molar-refractivity contribution in [3.05, 3.63) is 0 Å². The van der Waals surface area contributed by atoms with Crippen LogP contribution in [0.2, 0.25) is 0 Å². The van der Waals surface area contributed by atoms with E-state index in [-0.39, 0.29) is 19.4 Å². The number of carbonyl (C=O) groups excluding carboxylic acids is 4. The Hall–Kier alpha value is -2.38. The maximum Gasteiger partial charge on any atom is 0.326 e. The highest BCUT2D eigenvalue weighted by Gasteiger charge is 2.38. The fourth-order valence-electron chi connectivity index (χ4n) is 3.05. The van der Waals surface area contributed by atoms with Gasteiger partial charge in [-0.1, -0.05) is 0 Å². The van der Waals surface area contributed by atoms with Crippen LogP contribution in [0, 0.1) is 0 Å². The molecule has 0 saturated carbocycles. The number of aliphatic hydroxyl groups excluding tert-OH is 1. The number of carbonyl (C=O) groups is 5. The molecule has 4 amide bonds. The first-order valence-electron chi connectivity index (χ1n) is 9.40. The summed E-state index contributed by atoms with van der Waals surface area (Å²) in [5.41, 5.74) is 10.7. The number of primary amides is 1. The van der Waals surface area contributed by atoms with Crippen LogP contribution < -0.4 is 22.1 Å². The summed E-state index contributed by atoms with van der Waals surface area (Å²) in [6.07, 6.45) is 2.43. The molecule has 0 spiro atoms. The van der Waals surface area contributed by atoms with E-state index in [1.165, 1.54) is 16.7 Å². The van der Waals surface area contributed by atoms with Crippen LogP contribution in [-0.4, -0.2) is 94.0 Å². The monoisotopic (exact) mass is 447 g/mol. The molecule has 1 heterocycles. The molecule has 8 N–H and O–H groups in total. The molecule has 0 aromatic heterocycles. The molecule has 0 aromatic carbocycles. The minimum atomic E-state index is -1.38. The van der Waals surface area contributed by atoms with Crippen LogP contribution in [0.5, 0.6) is 0 Å². The van der Waals surface area contributed by atoms with E-state index >= 15 is 0 Å². The number of rotatable bonds is 12.